The van der Waals surface area contributed by atoms with E-state index in [9.17, 15) is 0 Å². The average molecular weight is 203 g/mol. The van der Waals surface area contributed by atoms with Gasteiger partial charge in [-0.25, -0.2) is 0 Å². The maximum Gasteiger partial charge on any atom is 0.0769 e. The van der Waals surface area contributed by atoms with Gasteiger partial charge in [-0.2, -0.15) is 15.3 Å². The molecule has 0 aliphatic heterocycles. The van der Waals surface area contributed by atoms with E-state index in [1.54, 1.807) is 6.20 Å². The molecule has 5 nitrogen and oxygen atoms in total. The van der Waals surface area contributed by atoms with Crippen LogP contribution in [0.15, 0.2) is 24.5 Å². The maximum absolute atomic E-state index is 3.98. The molecule has 15 heavy (non-hydrogen) atoms. The van der Waals surface area contributed by atoms with Crippen LogP contribution in [-0.2, 0) is 13.1 Å². The fraction of sp³-hybridized carbons (Fsp3) is 0.300. The molecule has 0 spiro atoms. The standard InChI is InChI=1S/C10H13N5/c1-8-9(6-13-14-8)5-11-7-10-3-2-4-12-15-10/h2-4,6,11H,5,7H2,1H3,(H,13,14). The molecule has 0 saturated carbocycles. The summed E-state index contributed by atoms with van der Waals surface area (Å²) in [4.78, 5) is 0. The second-order valence-corrected chi connectivity index (χ2v) is 3.34. The minimum atomic E-state index is 0.721. The van der Waals surface area contributed by atoms with Crippen LogP contribution in [0.1, 0.15) is 17.0 Å². The highest BCUT2D eigenvalue weighted by Crippen LogP contribution is 2.01. The molecular weight excluding hydrogens is 190 g/mol. The van der Waals surface area contributed by atoms with Gasteiger partial charge < -0.3 is 5.32 Å². The lowest BCUT2D eigenvalue weighted by Crippen LogP contribution is -2.14. The van der Waals surface area contributed by atoms with Crippen molar-refractivity contribution in [2.24, 2.45) is 0 Å². The van der Waals surface area contributed by atoms with Crippen LogP contribution >= 0.6 is 0 Å². The molecule has 0 amide bonds. The van der Waals surface area contributed by atoms with Crippen LogP contribution in [0.2, 0.25) is 0 Å². The second-order valence-electron chi connectivity index (χ2n) is 3.34. The van der Waals surface area contributed by atoms with Crippen LogP contribution in [-0.4, -0.2) is 20.4 Å². The summed E-state index contributed by atoms with van der Waals surface area (Å²) < 4.78 is 0. The topological polar surface area (TPSA) is 66.5 Å². The Hall–Kier alpha value is -1.75. The molecule has 78 valence electrons. The van der Waals surface area contributed by atoms with Gasteiger partial charge in [0.25, 0.3) is 0 Å². The molecule has 0 aliphatic carbocycles. The first-order valence-corrected chi connectivity index (χ1v) is 4.82. The van der Waals surface area contributed by atoms with Gasteiger partial charge in [0.2, 0.25) is 0 Å². The molecule has 2 heterocycles. The van der Waals surface area contributed by atoms with Crippen molar-refractivity contribution < 1.29 is 0 Å². The molecule has 0 atom stereocenters. The molecule has 0 radical (unpaired) electrons. The number of nitrogens with zero attached hydrogens (tertiary/aromatic N) is 3. The van der Waals surface area contributed by atoms with E-state index in [0.717, 1.165) is 24.5 Å². The molecule has 0 aromatic carbocycles. The lowest BCUT2D eigenvalue weighted by atomic mass is 10.2. The van der Waals surface area contributed by atoms with Crippen molar-refractivity contribution in [3.05, 3.63) is 41.5 Å². The van der Waals surface area contributed by atoms with E-state index in [1.807, 2.05) is 25.3 Å². The van der Waals surface area contributed by atoms with Crippen molar-refractivity contribution in [1.82, 2.24) is 25.7 Å². The molecule has 0 bridgehead atoms. The van der Waals surface area contributed by atoms with Gasteiger partial charge in [0.1, 0.15) is 0 Å². The SMILES string of the molecule is Cc1[nH]ncc1CNCc1cccnn1. The summed E-state index contributed by atoms with van der Waals surface area (Å²) in [5, 5.41) is 17.9. The molecule has 5 heteroatoms. The molecular formula is C10H13N5. The monoisotopic (exact) mass is 203 g/mol. The van der Waals surface area contributed by atoms with Crippen LogP contribution in [0.25, 0.3) is 0 Å². The Morgan fingerprint density at radius 3 is 3.00 bits per heavy atom. The predicted molar refractivity (Wildman–Crippen MR) is 55.9 cm³/mol. The first kappa shape index (κ1) is 9.79. The van der Waals surface area contributed by atoms with Crippen LogP contribution in [0.5, 0.6) is 0 Å². The summed E-state index contributed by atoms with van der Waals surface area (Å²) in [7, 11) is 0. The number of nitrogens with one attached hydrogen (secondary N) is 2. The van der Waals surface area contributed by atoms with Crippen LogP contribution in [0, 0.1) is 6.92 Å². The molecule has 2 aromatic rings. The van der Waals surface area contributed by atoms with Gasteiger partial charge >= 0.3 is 0 Å². The smallest absolute Gasteiger partial charge is 0.0769 e. The molecule has 2 aromatic heterocycles. The molecule has 2 rings (SSSR count). The van der Waals surface area contributed by atoms with Crippen molar-refractivity contribution in [1.29, 1.82) is 0 Å². The summed E-state index contributed by atoms with van der Waals surface area (Å²) in [6.45, 7) is 3.52. The molecule has 2 N–H and O–H groups in total. The largest absolute Gasteiger partial charge is 0.307 e. The predicted octanol–water partition coefficient (Wildman–Crippen LogP) is 0.798. The van der Waals surface area contributed by atoms with E-state index in [-0.39, 0.29) is 0 Å². The zero-order valence-corrected chi connectivity index (χ0v) is 8.57. The summed E-state index contributed by atoms with van der Waals surface area (Å²) in [5.74, 6) is 0. The van der Waals surface area contributed by atoms with Crippen molar-refractivity contribution in [2.45, 2.75) is 20.0 Å². The second kappa shape index (κ2) is 4.65. The third-order valence-electron chi connectivity index (χ3n) is 2.18. The number of aromatic nitrogens is 4. The lowest BCUT2D eigenvalue weighted by molar-refractivity contribution is 0.668. The minimum Gasteiger partial charge on any atom is -0.307 e. The summed E-state index contributed by atoms with van der Waals surface area (Å²) in [6.07, 6.45) is 3.50. The Bertz CT molecular complexity index is 409. The van der Waals surface area contributed by atoms with Gasteiger partial charge in [0, 0.05) is 30.5 Å². The number of hydrogen-bond donors (Lipinski definition) is 2. The lowest BCUT2D eigenvalue weighted by Gasteiger charge is -2.02. The summed E-state index contributed by atoms with van der Waals surface area (Å²) in [5.41, 5.74) is 3.22. The van der Waals surface area contributed by atoms with Crippen LogP contribution in [0.4, 0.5) is 0 Å². The van der Waals surface area contributed by atoms with Crippen LogP contribution < -0.4 is 5.32 Å². The summed E-state index contributed by atoms with van der Waals surface area (Å²) in [6, 6.07) is 3.83. The third-order valence-corrected chi connectivity index (χ3v) is 2.18. The number of aromatic amines is 1. The van der Waals surface area contributed by atoms with Gasteiger partial charge in [-0.1, -0.05) is 0 Å². The van der Waals surface area contributed by atoms with Crippen molar-refractivity contribution in [3.8, 4) is 0 Å². The van der Waals surface area contributed by atoms with Gasteiger partial charge in [-0.05, 0) is 19.1 Å². The fourth-order valence-corrected chi connectivity index (χ4v) is 1.31. The average Bonchev–Trinajstić information content (AvgIpc) is 2.66. The van der Waals surface area contributed by atoms with Gasteiger partial charge in [0.15, 0.2) is 0 Å². The van der Waals surface area contributed by atoms with E-state index >= 15 is 0 Å². The molecule has 0 fully saturated rings. The number of aryl methyl sites for hydroxylation is 1. The van der Waals surface area contributed by atoms with Crippen molar-refractivity contribution >= 4 is 0 Å². The Morgan fingerprint density at radius 2 is 2.33 bits per heavy atom. The highest BCUT2D eigenvalue weighted by Gasteiger charge is 1.99. The van der Waals surface area contributed by atoms with E-state index in [2.05, 4.69) is 25.7 Å². The Kier molecular flexibility index (Phi) is 3.04. The quantitative estimate of drug-likeness (QED) is 0.771. The molecule has 0 unspecified atom stereocenters. The normalized spacial score (nSPS) is 10.5. The van der Waals surface area contributed by atoms with Gasteiger partial charge in [-0.15, -0.1) is 0 Å². The van der Waals surface area contributed by atoms with Crippen molar-refractivity contribution in [3.63, 3.8) is 0 Å². The Morgan fingerprint density at radius 1 is 1.40 bits per heavy atom. The van der Waals surface area contributed by atoms with Crippen LogP contribution in [0.3, 0.4) is 0 Å². The Labute approximate surface area is 87.9 Å². The van der Waals surface area contributed by atoms with Gasteiger partial charge in [-0.3, -0.25) is 5.10 Å². The number of rotatable bonds is 4. The zero-order chi connectivity index (χ0) is 10.5. The number of hydrogen-bond acceptors (Lipinski definition) is 4. The maximum atomic E-state index is 3.98. The van der Waals surface area contributed by atoms with E-state index in [4.69, 9.17) is 0 Å². The van der Waals surface area contributed by atoms with E-state index in [1.165, 1.54) is 5.56 Å². The first-order valence-electron chi connectivity index (χ1n) is 4.82. The third kappa shape index (κ3) is 2.60. The van der Waals surface area contributed by atoms with Gasteiger partial charge in [0.05, 0.1) is 11.9 Å². The van der Waals surface area contributed by atoms with E-state index < -0.39 is 0 Å². The fourth-order valence-electron chi connectivity index (χ4n) is 1.31. The summed E-state index contributed by atoms with van der Waals surface area (Å²) >= 11 is 0. The zero-order valence-electron chi connectivity index (χ0n) is 8.57. The first-order chi connectivity index (χ1) is 7.36. The Balaban J connectivity index is 1.83. The molecule has 0 aliphatic rings. The highest BCUT2D eigenvalue weighted by atomic mass is 15.1. The number of H-pyrrole nitrogens is 1. The minimum absolute atomic E-state index is 0.721. The highest BCUT2D eigenvalue weighted by molar-refractivity contribution is 5.13. The van der Waals surface area contributed by atoms with E-state index in [0.29, 0.717) is 0 Å². The van der Waals surface area contributed by atoms with Crippen molar-refractivity contribution in [2.75, 3.05) is 0 Å². The molecule has 0 saturated heterocycles.